The first kappa shape index (κ1) is 19.2. The number of nitrogens with zero attached hydrogens (tertiary/aromatic N) is 1. The molecule has 1 aliphatic heterocycles. The van der Waals surface area contributed by atoms with E-state index in [-0.39, 0.29) is 17.7 Å². The first-order valence-corrected chi connectivity index (χ1v) is 9.77. The van der Waals surface area contributed by atoms with Crippen molar-refractivity contribution in [2.45, 2.75) is 33.1 Å². The van der Waals surface area contributed by atoms with Gasteiger partial charge < -0.3 is 10.2 Å². The molecule has 1 saturated heterocycles. The molecule has 0 bridgehead atoms. The van der Waals surface area contributed by atoms with Gasteiger partial charge in [0.25, 0.3) is 5.91 Å². The lowest BCUT2D eigenvalue weighted by Gasteiger charge is -2.32. The Balaban J connectivity index is 1.52. The fourth-order valence-electron chi connectivity index (χ4n) is 3.45. The molecule has 27 heavy (non-hydrogen) atoms. The molecule has 0 atom stereocenters. The largest absolute Gasteiger partial charge is 0.339 e. The van der Waals surface area contributed by atoms with Gasteiger partial charge in [0.05, 0.1) is 0 Å². The van der Waals surface area contributed by atoms with Gasteiger partial charge in [-0.2, -0.15) is 0 Å². The van der Waals surface area contributed by atoms with Crippen LogP contribution in [0.2, 0.25) is 0 Å². The molecule has 2 aromatic carbocycles. The Morgan fingerprint density at radius 3 is 2.22 bits per heavy atom. The predicted molar refractivity (Wildman–Crippen MR) is 109 cm³/mol. The van der Waals surface area contributed by atoms with Crippen molar-refractivity contribution < 1.29 is 9.59 Å². The molecule has 0 saturated carbocycles. The summed E-state index contributed by atoms with van der Waals surface area (Å²) in [5.41, 5.74) is 2.78. The van der Waals surface area contributed by atoms with E-state index in [9.17, 15) is 9.59 Å². The fourth-order valence-corrected chi connectivity index (χ4v) is 3.45. The Hall–Kier alpha value is -2.62. The molecule has 1 fully saturated rings. The lowest BCUT2D eigenvalue weighted by atomic mass is 9.90. The number of piperidine rings is 1. The molecule has 0 aromatic heterocycles. The number of rotatable bonds is 5. The molecular weight excluding hydrogens is 336 g/mol. The zero-order valence-electron chi connectivity index (χ0n) is 16.2. The SMILES string of the molecule is CC(C)C(=O)Nc1ccc(C(=O)N2CCC(Cc3ccccc3)CC2)cc1. The number of carbonyl (C=O) groups excluding carboxylic acids is 2. The average molecular weight is 364 g/mol. The standard InChI is InChI=1S/C23H28N2O2/c1-17(2)22(26)24-21-10-8-20(9-11-21)23(27)25-14-12-19(13-15-25)16-18-6-4-3-5-7-18/h3-11,17,19H,12-16H2,1-2H3,(H,24,26). The lowest BCUT2D eigenvalue weighted by molar-refractivity contribution is -0.118. The second-order valence-electron chi connectivity index (χ2n) is 7.65. The quantitative estimate of drug-likeness (QED) is 0.856. The molecule has 142 valence electrons. The number of carbonyl (C=O) groups is 2. The van der Waals surface area contributed by atoms with E-state index >= 15 is 0 Å². The fraction of sp³-hybridized carbons (Fsp3) is 0.391. The minimum atomic E-state index is -0.0662. The Kier molecular flexibility index (Phi) is 6.28. The van der Waals surface area contributed by atoms with Crippen LogP contribution in [0.25, 0.3) is 0 Å². The molecule has 0 aliphatic carbocycles. The number of anilines is 1. The van der Waals surface area contributed by atoms with E-state index < -0.39 is 0 Å². The predicted octanol–water partition coefficient (Wildman–Crippen LogP) is 4.38. The molecule has 0 spiro atoms. The maximum Gasteiger partial charge on any atom is 0.253 e. The van der Waals surface area contributed by atoms with E-state index in [4.69, 9.17) is 0 Å². The van der Waals surface area contributed by atoms with Gasteiger partial charge in [-0.3, -0.25) is 9.59 Å². The summed E-state index contributed by atoms with van der Waals surface area (Å²) < 4.78 is 0. The highest BCUT2D eigenvalue weighted by Crippen LogP contribution is 2.23. The van der Waals surface area contributed by atoms with Crippen LogP contribution in [0.5, 0.6) is 0 Å². The van der Waals surface area contributed by atoms with E-state index in [1.807, 2.05) is 24.8 Å². The van der Waals surface area contributed by atoms with Crippen LogP contribution < -0.4 is 5.32 Å². The zero-order valence-corrected chi connectivity index (χ0v) is 16.2. The van der Waals surface area contributed by atoms with E-state index in [0.717, 1.165) is 38.0 Å². The molecule has 1 aliphatic rings. The third-order valence-electron chi connectivity index (χ3n) is 5.19. The van der Waals surface area contributed by atoms with Crippen molar-refractivity contribution in [1.82, 2.24) is 4.90 Å². The summed E-state index contributed by atoms with van der Waals surface area (Å²) in [6, 6.07) is 17.8. The number of benzene rings is 2. The first-order valence-electron chi connectivity index (χ1n) is 9.77. The van der Waals surface area contributed by atoms with E-state index in [0.29, 0.717) is 11.5 Å². The molecule has 2 amide bonds. The summed E-state index contributed by atoms with van der Waals surface area (Å²) in [4.78, 5) is 26.4. The van der Waals surface area contributed by atoms with Gasteiger partial charge in [0.15, 0.2) is 0 Å². The summed E-state index contributed by atoms with van der Waals surface area (Å²) in [7, 11) is 0. The van der Waals surface area contributed by atoms with Crippen molar-refractivity contribution in [3.63, 3.8) is 0 Å². The Bertz CT molecular complexity index is 761. The second kappa shape index (κ2) is 8.85. The summed E-state index contributed by atoms with van der Waals surface area (Å²) in [5.74, 6) is 0.637. The van der Waals surface area contributed by atoms with Gasteiger partial charge in [0.1, 0.15) is 0 Å². The van der Waals surface area contributed by atoms with Crippen molar-refractivity contribution >= 4 is 17.5 Å². The van der Waals surface area contributed by atoms with Crippen molar-refractivity contribution in [3.05, 3.63) is 65.7 Å². The molecule has 4 nitrogen and oxygen atoms in total. The summed E-state index contributed by atoms with van der Waals surface area (Å²) in [5, 5.41) is 2.85. The molecule has 4 heteroatoms. The van der Waals surface area contributed by atoms with Gasteiger partial charge in [-0.25, -0.2) is 0 Å². The van der Waals surface area contributed by atoms with Gasteiger partial charge in [-0.05, 0) is 55.0 Å². The van der Waals surface area contributed by atoms with Crippen molar-refractivity contribution in [3.8, 4) is 0 Å². The highest BCUT2D eigenvalue weighted by atomic mass is 16.2. The number of nitrogens with one attached hydrogen (secondary N) is 1. The maximum atomic E-state index is 12.7. The Morgan fingerprint density at radius 1 is 1.00 bits per heavy atom. The molecule has 1 heterocycles. The highest BCUT2D eigenvalue weighted by Gasteiger charge is 2.23. The van der Waals surface area contributed by atoms with E-state index in [2.05, 4.69) is 29.6 Å². The summed E-state index contributed by atoms with van der Waals surface area (Å²) >= 11 is 0. The number of hydrogen-bond donors (Lipinski definition) is 1. The number of likely N-dealkylation sites (tertiary alicyclic amines) is 1. The zero-order chi connectivity index (χ0) is 19.2. The topological polar surface area (TPSA) is 49.4 Å². The number of amides is 2. The van der Waals surface area contributed by atoms with Crippen LogP contribution in [0.1, 0.15) is 42.6 Å². The van der Waals surface area contributed by atoms with Gasteiger partial charge in [0, 0.05) is 30.3 Å². The molecular formula is C23H28N2O2. The maximum absolute atomic E-state index is 12.7. The van der Waals surface area contributed by atoms with Gasteiger partial charge in [0.2, 0.25) is 5.91 Å². The number of hydrogen-bond acceptors (Lipinski definition) is 2. The smallest absolute Gasteiger partial charge is 0.253 e. The van der Waals surface area contributed by atoms with Crippen molar-refractivity contribution in [1.29, 1.82) is 0 Å². The van der Waals surface area contributed by atoms with Crippen LogP contribution in [0.15, 0.2) is 54.6 Å². The van der Waals surface area contributed by atoms with E-state index in [1.54, 1.807) is 24.3 Å². The molecule has 0 radical (unpaired) electrons. The van der Waals surface area contributed by atoms with Crippen LogP contribution in [-0.4, -0.2) is 29.8 Å². The Morgan fingerprint density at radius 2 is 1.63 bits per heavy atom. The average Bonchev–Trinajstić information content (AvgIpc) is 2.69. The second-order valence-corrected chi connectivity index (χ2v) is 7.65. The molecule has 0 unspecified atom stereocenters. The highest BCUT2D eigenvalue weighted by molar-refractivity contribution is 5.96. The lowest BCUT2D eigenvalue weighted by Crippen LogP contribution is -2.38. The minimum Gasteiger partial charge on any atom is -0.339 e. The van der Waals surface area contributed by atoms with Crippen LogP contribution in [0.3, 0.4) is 0 Å². The van der Waals surface area contributed by atoms with E-state index in [1.165, 1.54) is 5.56 Å². The first-order chi connectivity index (χ1) is 13.0. The van der Waals surface area contributed by atoms with Gasteiger partial charge in [-0.15, -0.1) is 0 Å². The Labute approximate surface area is 161 Å². The molecule has 3 rings (SSSR count). The summed E-state index contributed by atoms with van der Waals surface area (Å²) in [6.07, 6.45) is 3.18. The van der Waals surface area contributed by atoms with Crippen LogP contribution in [0, 0.1) is 11.8 Å². The third-order valence-corrected chi connectivity index (χ3v) is 5.19. The van der Waals surface area contributed by atoms with Crippen LogP contribution in [-0.2, 0) is 11.2 Å². The minimum absolute atomic E-state index is 0.0189. The monoisotopic (exact) mass is 364 g/mol. The molecule has 2 aromatic rings. The molecule has 1 N–H and O–H groups in total. The van der Waals surface area contributed by atoms with Gasteiger partial charge in [-0.1, -0.05) is 44.2 Å². The summed E-state index contributed by atoms with van der Waals surface area (Å²) in [6.45, 7) is 5.33. The normalized spacial score (nSPS) is 15.0. The van der Waals surface area contributed by atoms with Crippen molar-refractivity contribution in [2.75, 3.05) is 18.4 Å². The van der Waals surface area contributed by atoms with Crippen LogP contribution >= 0.6 is 0 Å². The van der Waals surface area contributed by atoms with Crippen LogP contribution in [0.4, 0.5) is 5.69 Å². The third kappa shape index (κ3) is 5.19. The van der Waals surface area contributed by atoms with Crippen molar-refractivity contribution in [2.24, 2.45) is 11.8 Å². The van der Waals surface area contributed by atoms with Gasteiger partial charge >= 0.3 is 0 Å².